The van der Waals surface area contributed by atoms with Gasteiger partial charge in [0.25, 0.3) is 0 Å². The van der Waals surface area contributed by atoms with Crippen molar-refractivity contribution in [1.82, 2.24) is 9.97 Å². The molecule has 0 amide bonds. The van der Waals surface area contributed by atoms with Gasteiger partial charge in [0.15, 0.2) is 5.69 Å². The van der Waals surface area contributed by atoms with Crippen LogP contribution in [-0.2, 0) is 0 Å². The molecule has 0 aliphatic heterocycles. The van der Waals surface area contributed by atoms with E-state index in [0.717, 1.165) is 0 Å². The lowest BCUT2D eigenvalue weighted by molar-refractivity contribution is -0.390. The number of rotatable bonds is 4. The fourth-order valence-electron chi connectivity index (χ4n) is 1.56. The van der Waals surface area contributed by atoms with Crippen LogP contribution in [0, 0.1) is 10.1 Å². The summed E-state index contributed by atoms with van der Waals surface area (Å²) in [4.78, 5) is 17.9. The Bertz CT molecular complexity index is 616. The highest BCUT2D eigenvalue weighted by atomic mass is 16.6. The quantitative estimate of drug-likeness (QED) is 0.668. The van der Waals surface area contributed by atoms with E-state index in [2.05, 4.69) is 9.97 Å². The second kappa shape index (κ2) is 5.30. The smallest absolute Gasteiger partial charge is 0.406 e. The first kappa shape index (κ1) is 12.7. The minimum atomic E-state index is -0.741. The average molecular weight is 261 g/mol. The van der Waals surface area contributed by atoms with Crippen molar-refractivity contribution in [2.75, 3.05) is 6.61 Å². The van der Waals surface area contributed by atoms with E-state index in [-0.39, 0.29) is 0 Å². The Morgan fingerprint density at radius 2 is 2.21 bits per heavy atom. The fraction of sp³-hybridized carbons (Fsp3) is 0.167. The Hall–Kier alpha value is -2.70. The largest absolute Gasteiger partial charge is 0.501 e. The molecule has 0 aliphatic rings. The van der Waals surface area contributed by atoms with Gasteiger partial charge in [-0.2, -0.15) is 0 Å². The number of nitrogens with zero attached hydrogens (tertiary/aromatic N) is 3. The molecular weight excluding hydrogens is 250 g/mol. The summed E-state index contributed by atoms with van der Waals surface area (Å²) in [6.45, 7) is 2.23. The van der Waals surface area contributed by atoms with Gasteiger partial charge >= 0.3 is 5.82 Å². The molecule has 7 nitrogen and oxygen atoms in total. The van der Waals surface area contributed by atoms with Crippen molar-refractivity contribution >= 4 is 5.82 Å². The van der Waals surface area contributed by atoms with Crippen LogP contribution in [0.2, 0.25) is 0 Å². The van der Waals surface area contributed by atoms with Gasteiger partial charge < -0.3 is 20.0 Å². The molecule has 0 saturated heterocycles. The Balaban J connectivity index is 2.53. The molecule has 0 saturated carbocycles. The molecule has 2 heterocycles. The predicted molar refractivity (Wildman–Crippen MR) is 67.0 cm³/mol. The van der Waals surface area contributed by atoms with Crippen LogP contribution in [0.1, 0.15) is 6.92 Å². The zero-order valence-electron chi connectivity index (χ0n) is 10.1. The highest BCUT2D eigenvalue weighted by Crippen LogP contribution is 2.31. The van der Waals surface area contributed by atoms with Gasteiger partial charge in [0.05, 0.1) is 12.2 Å². The van der Waals surface area contributed by atoms with Gasteiger partial charge in [-0.25, -0.2) is 4.98 Å². The molecule has 0 aliphatic carbocycles. The number of ether oxygens (including phenoxy) is 1. The maximum Gasteiger partial charge on any atom is 0.406 e. The van der Waals surface area contributed by atoms with Crippen molar-refractivity contribution in [3.63, 3.8) is 0 Å². The first-order valence-corrected chi connectivity index (χ1v) is 5.56. The van der Waals surface area contributed by atoms with Crippen LogP contribution in [-0.4, -0.2) is 26.6 Å². The fourth-order valence-corrected chi connectivity index (χ4v) is 1.56. The van der Waals surface area contributed by atoms with Crippen molar-refractivity contribution < 1.29 is 14.8 Å². The summed E-state index contributed by atoms with van der Waals surface area (Å²) in [6.07, 6.45) is 1.56. The molecule has 0 atom stereocenters. The van der Waals surface area contributed by atoms with Gasteiger partial charge in [0.2, 0.25) is 11.6 Å². The van der Waals surface area contributed by atoms with E-state index in [4.69, 9.17) is 4.74 Å². The topological polar surface area (TPSA) is 98.4 Å². The van der Waals surface area contributed by atoms with E-state index in [0.29, 0.717) is 23.7 Å². The summed E-state index contributed by atoms with van der Waals surface area (Å²) in [5.74, 6) is -0.725. The van der Waals surface area contributed by atoms with E-state index < -0.39 is 16.5 Å². The van der Waals surface area contributed by atoms with Gasteiger partial charge in [0.1, 0.15) is 0 Å². The summed E-state index contributed by atoms with van der Waals surface area (Å²) < 4.78 is 5.34. The zero-order chi connectivity index (χ0) is 13.8. The first-order valence-electron chi connectivity index (χ1n) is 5.56. The molecule has 7 heteroatoms. The Kier molecular flexibility index (Phi) is 3.56. The molecule has 0 unspecified atom stereocenters. The van der Waals surface area contributed by atoms with Crippen LogP contribution in [0.5, 0.6) is 11.6 Å². The average Bonchev–Trinajstić information content (AvgIpc) is 2.40. The SMILES string of the molecule is CCOc1ncccc1-c1ccc(O)c([N+](=O)[O-])n1. The number of hydrogen-bond donors (Lipinski definition) is 1. The van der Waals surface area contributed by atoms with Crippen LogP contribution >= 0.6 is 0 Å². The lowest BCUT2D eigenvalue weighted by Crippen LogP contribution is -1.99. The Labute approximate surface area is 108 Å². The van der Waals surface area contributed by atoms with Crippen LogP contribution in [0.3, 0.4) is 0 Å². The van der Waals surface area contributed by atoms with E-state index in [9.17, 15) is 15.2 Å². The maximum absolute atomic E-state index is 10.8. The standard InChI is InChI=1S/C12H11N3O4/c1-2-19-12-8(4-3-7-13-12)9-5-6-10(16)11(14-9)15(17)18/h3-7,16H,2H2,1H3. The van der Waals surface area contributed by atoms with E-state index in [1.165, 1.54) is 12.1 Å². The molecular formula is C12H11N3O4. The molecule has 2 aromatic rings. The number of aromatic hydroxyl groups is 1. The van der Waals surface area contributed by atoms with Crippen LogP contribution in [0.15, 0.2) is 30.5 Å². The first-order chi connectivity index (χ1) is 9.13. The second-order valence-electron chi connectivity index (χ2n) is 3.59. The second-order valence-corrected chi connectivity index (χ2v) is 3.59. The number of aromatic nitrogens is 2. The minimum Gasteiger partial charge on any atom is -0.501 e. The van der Waals surface area contributed by atoms with E-state index >= 15 is 0 Å². The molecule has 0 aromatic carbocycles. The molecule has 19 heavy (non-hydrogen) atoms. The van der Waals surface area contributed by atoms with Gasteiger partial charge in [-0.1, -0.05) is 0 Å². The number of pyridine rings is 2. The molecule has 0 bridgehead atoms. The number of hydrogen-bond acceptors (Lipinski definition) is 6. The maximum atomic E-state index is 10.8. The molecule has 0 radical (unpaired) electrons. The summed E-state index contributed by atoms with van der Waals surface area (Å²) in [7, 11) is 0. The van der Waals surface area contributed by atoms with Gasteiger partial charge in [-0.3, -0.25) is 0 Å². The van der Waals surface area contributed by atoms with Crippen molar-refractivity contribution in [1.29, 1.82) is 0 Å². The summed E-state index contributed by atoms with van der Waals surface area (Å²) in [6, 6.07) is 6.07. The molecule has 0 spiro atoms. The van der Waals surface area contributed by atoms with Crippen molar-refractivity contribution in [2.45, 2.75) is 6.92 Å². The monoisotopic (exact) mass is 261 g/mol. The molecule has 2 rings (SSSR count). The van der Waals surface area contributed by atoms with Gasteiger partial charge in [0, 0.05) is 6.20 Å². The highest BCUT2D eigenvalue weighted by Gasteiger charge is 2.20. The Morgan fingerprint density at radius 3 is 2.89 bits per heavy atom. The molecule has 1 N–H and O–H groups in total. The lowest BCUT2D eigenvalue weighted by atomic mass is 10.2. The number of nitro groups is 1. The lowest BCUT2D eigenvalue weighted by Gasteiger charge is -2.06. The molecule has 98 valence electrons. The van der Waals surface area contributed by atoms with Crippen molar-refractivity contribution in [3.05, 3.63) is 40.6 Å². The van der Waals surface area contributed by atoms with Crippen LogP contribution < -0.4 is 4.74 Å². The van der Waals surface area contributed by atoms with Gasteiger partial charge in [-0.05, 0) is 41.1 Å². The molecule has 0 fully saturated rings. The van der Waals surface area contributed by atoms with Crippen LogP contribution in [0.4, 0.5) is 5.82 Å². The Morgan fingerprint density at radius 1 is 1.42 bits per heavy atom. The summed E-state index contributed by atoms with van der Waals surface area (Å²) in [5, 5.41) is 20.1. The zero-order valence-corrected chi connectivity index (χ0v) is 10.1. The van der Waals surface area contributed by atoms with Crippen molar-refractivity contribution in [3.8, 4) is 22.9 Å². The third kappa shape index (κ3) is 2.59. The predicted octanol–water partition coefficient (Wildman–Crippen LogP) is 2.16. The minimum absolute atomic E-state index is 0.320. The van der Waals surface area contributed by atoms with Crippen molar-refractivity contribution in [2.24, 2.45) is 0 Å². The third-order valence-electron chi connectivity index (χ3n) is 2.36. The summed E-state index contributed by atoms with van der Waals surface area (Å²) in [5.41, 5.74) is 0.855. The normalized spacial score (nSPS) is 10.2. The summed E-state index contributed by atoms with van der Waals surface area (Å²) >= 11 is 0. The van der Waals surface area contributed by atoms with E-state index in [1.807, 2.05) is 6.92 Å². The van der Waals surface area contributed by atoms with Crippen LogP contribution in [0.25, 0.3) is 11.3 Å². The molecule has 2 aromatic heterocycles. The van der Waals surface area contributed by atoms with E-state index in [1.54, 1.807) is 18.3 Å². The third-order valence-corrected chi connectivity index (χ3v) is 2.36. The highest BCUT2D eigenvalue weighted by molar-refractivity contribution is 5.66. The van der Waals surface area contributed by atoms with Gasteiger partial charge in [-0.15, -0.1) is 0 Å².